The van der Waals surface area contributed by atoms with E-state index in [-0.39, 0.29) is 24.4 Å². The summed E-state index contributed by atoms with van der Waals surface area (Å²) in [7, 11) is 0. The van der Waals surface area contributed by atoms with Crippen LogP contribution in [0.2, 0.25) is 4.34 Å². The fourth-order valence-corrected chi connectivity index (χ4v) is 3.53. The zero-order valence-electron chi connectivity index (χ0n) is 16.6. The first-order valence-electron chi connectivity index (χ1n) is 9.29. The molecule has 0 bridgehead atoms. The highest BCUT2D eigenvalue weighted by atomic mass is 35.5. The molecule has 6 N–H and O–H groups in total. The quantitative estimate of drug-likeness (QED) is 0.119. The van der Waals surface area contributed by atoms with E-state index in [0.717, 1.165) is 10.4 Å². The van der Waals surface area contributed by atoms with Crippen LogP contribution in [0.3, 0.4) is 0 Å². The first-order chi connectivity index (χ1) is 14.5. The van der Waals surface area contributed by atoms with Crippen LogP contribution in [0, 0.1) is 0 Å². The second-order valence-electron chi connectivity index (χ2n) is 6.06. The van der Waals surface area contributed by atoms with E-state index in [2.05, 4.69) is 16.0 Å². The van der Waals surface area contributed by atoms with E-state index < -0.39 is 0 Å². The van der Waals surface area contributed by atoms with Crippen LogP contribution in [0.5, 0.6) is 0 Å². The molecule has 1 heterocycles. The zero-order valence-corrected chi connectivity index (χ0v) is 18.2. The van der Waals surface area contributed by atoms with Gasteiger partial charge < -0.3 is 16.2 Å². The van der Waals surface area contributed by atoms with E-state index in [9.17, 15) is 4.79 Å². The standard InChI is InChI=1S/C19H26ClN5O4S/c1-2-27-18(26)11-15(16-6-7-17(20)30-16)25-28-9-8-23-29-12-13-4-3-5-14(10-13)24-19(21)22/h3-7,10,15,23,25H,2,8-9,11-12H2,1H3,(H4,21,22,24). The van der Waals surface area contributed by atoms with E-state index >= 15 is 0 Å². The Balaban J connectivity index is 1.69. The molecule has 2 rings (SSSR count). The third-order valence-electron chi connectivity index (χ3n) is 3.65. The number of nitrogens with two attached hydrogens (primary N) is 2. The number of guanidine groups is 1. The molecular formula is C19H26ClN5O4S. The first-order valence-corrected chi connectivity index (χ1v) is 10.5. The maximum Gasteiger partial charge on any atom is 0.307 e. The highest BCUT2D eigenvalue weighted by Crippen LogP contribution is 2.29. The number of hydrogen-bond donors (Lipinski definition) is 4. The Morgan fingerprint density at radius 1 is 1.27 bits per heavy atom. The van der Waals surface area contributed by atoms with Crippen molar-refractivity contribution in [1.29, 1.82) is 0 Å². The predicted molar refractivity (Wildman–Crippen MR) is 117 cm³/mol. The highest BCUT2D eigenvalue weighted by molar-refractivity contribution is 7.16. The fourth-order valence-electron chi connectivity index (χ4n) is 2.43. The molecule has 0 fully saturated rings. The number of hydroxylamine groups is 2. The number of ether oxygens (including phenoxy) is 1. The molecule has 0 aliphatic heterocycles. The van der Waals surface area contributed by atoms with Crippen LogP contribution in [0.4, 0.5) is 5.69 Å². The van der Waals surface area contributed by atoms with Gasteiger partial charge in [-0.1, -0.05) is 23.7 Å². The summed E-state index contributed by atoms with van der Waals surface area (Å²) >= 11 is 7.37. The molecule has 1 aromatic carbocycles. The van der Waals surface area contributed by atoms with Gasteiger partial charge in [0.25, 0.3) is 0 Å². The lowest BCUT2D eigenvalue weighted by atomic mass is 10.2. The molecule has 30 heavy (non-hydrogen) atoms. The van der Waals surface area contributed by atoms with Gasteiger partial charge in [-0.3, -0.25) is 14.5 Å². The maximum atomic E-state index is 11.8. The van der Waals surface area contributed by atoms with Crippen molar-refractivity contribution in [3.05, 3.63) is 51.2 Å². The minimum atomic E-state index is -0.347. The van der Waals surface area contributed by atoms with Crippen LogP contribution in [-0.2, 0) is 25.8 Å². The van der Waals surface area contributed by atoms with Crippen LogP contribution in [0.1, 0.15) is 29.8 Å². The van der Waals surface area contributed by atoms with Crippen molar-refractivity contribution < 1.29 is 19.2 Å². The third kappa shape index (κ3) is 9.08. The van der Waals surface area contributed by atoms with Crippen molar-refractivity contribution in [3.63, 3.8) is 0 Å². The summed E-state index contributed by atoms with van der Waals surface area (Å²) in [4.78, 5) is 27.6. The zero-order chi connectivity index (χ0) is 21.8. The summed E-state index contributed by atoms with van der Waals surface area (Å²) < 4.78 is 5.65. The van der Waals surface area contributed by atoms with E-state index in [4.69, 9.17) is 37.5 Å². The number of carbonyl (C=O) groups is 1. The number of nitrogens with one attached hydrogen (secondary N) is 2. The summed E-state index contributed by atoms with van der Waals surface area (Å²) in [5, 5.41) is 0. The van der Waals surface area contributed by atoms with Gasteiger partial charge in [0.1, 0.15) is 0 Å². The SMILES string of the molecule is CCOC(=O)CC(NOCCNOCc1cccc(N=C(N)N)c1)c1ccc(Cl)s1. The van der Waals surface area contributed by atoms with Gasteiger partial charge >= 0.3 is 5.97 Å². The highest BCUT2D eigenvalue weighted by Gasteiger charge is 2.19. The number of benzene rings is 1. The van der Waals surface area contributed by atoms with Gasteiger partial charge in [-0.25, -0.2) is 4.99 Å². The Morgan fingerprint density at radius 2 is 2.10 bits per heavy atom. The molecule has 1 aromatic heterocycles. The molecule has 0 aliphatic rings. The lowest BCUT2D eigenvalue weighted by Gasteiger charge is -2.16. The Morgan fingerprint density at radius 3 is 2.80 bits per heavy atom. The average Bonchev–Trinajstić information content (AvgIpc) is 3.12. The Hall–Kier alpha value is -2.21. The van der Waals surface area contributed by atoms with Crippen molar-refractivity contribution in [2.75, 3.05) is 19.8 Å². The van der Waals surface area contributed by atoms with Gasteiger partial charge in [0.15, 0.2) is 5.96 Å². The summed E-state index contributed by atoms with van der Waals surface area (Å²) in [6.07, 6.45) is 0.140. The largest absolute Gasteiger partial charge is 0.466 e. The summed E-state index contributed by atoms with van der Waals surface area (Å²) in [5.41, 5.74) is 18.0. The smallest absolute Gasteiger partial charge is 0.307 e. The van der Waals surface area contributed by atoms with Crippen molar-refractivity contribution >= 4 is 40.6 Å². The normalized spacial score (nSPS) is 11.8. The summed E-state index contributed by atoms with van der Waals surface area (Å²) in [5.74, 6) is -0.311. The van der Waals surface area contributed by atoms with Gasteiger partial charge in [0.2, 0.25) is 0 Å². The van der Waals surface area contributed by atoms with Gasteiger partial charge in [0.05, 0.1) is 42.3 Å². The molecule has 0 saturated carbocycles. The lowest BCUT2D eigenvalue weighted by molar-refractivity contribution is -0.145. The third-order valence-corrected chi connectivity index (χ3v) is 5.00. The number of rotatable bonds is 13. The molecule has 0 radical (unpaired) electrons. The van der Waals surface area contributed by atoms with Crippen LogP contribution in [0.25, 0.3) is 0 Å². The van der Waals surface area contributed by atoms with Crippen LogP contribution < -0.4 is 22.4 Å². The molecule has 2 aromatic rings. The summed E-state index contributed by atoms with van der Waals surface area (Å²) in [6, 6.07) is 10.6. The second kappa shape index (κ2) is 13.2. The first kappa shape index (κ1) is 24.1. The number of hydrogen-bond acceptors (Lipinski definition) is 8. The topological polar surface area (TPSA) is 133 Å². The number of nitrogens with zero attached hydrogens (tertiary/aromatic N) is 1. The van der Waals surface area contributed by atoms with E-state index in [1.165, 1.54) is 11.3 Å². The average molecular weight is 456 g/mol. The molecule has 0 amide bonds. The van der Waals surface area contributed by atoms with Crippen molar-refractivity contribution in [2.45, 2.75) is 26.0 Å². The molecule has 1 atom stereocenters. The van der Waals surface area contributed by atoms with Gasteiger partial charge in [-0.2, -0.15) is 11.0 Å². The second-order valence-corrected chi connectivity index (χ2v) is 7.81. The molecule has 9 nitrogen and oxygen atoms in total. The fraction of sp³-hybridized carbons (Fsp3) is 0.368. The predicted octanol–water partition coefficient (Wildman–Crippen LogP) is 2.54. The van der Waals surface area contributed by atoms with Crippen LogP contribution in [0.15, 0.2) is 41.4 Å². The number of carbonyl (C=O) groups excluding carboxylic acids is 1. The van der Waals surface area contributed by atoms with Crippen LogP contribution in [-0.4, -0.2) is 31.7 Å². The molecule has 0 saturated heterocycles. The molecule has 11 heteroatoms. The number of halogens is 1. The minimum absolute atomic E-state index is 0.00178. The Kier molecular flexibility index (Phi) is 10.6. The van der Waals surface area contributed by atoms with Crippen molar-refractivity contribution in [3.8, 4) is 0 Å². The molecule has 0 spiro atoms. The van der Waals surface area contributed by atoms with Crippen molar-refractivity contribution in [2.24, 2.45) is 16.5 Å². The van der Waals surface area contributed by atoms with E-state index in [0.29, 0.717) is 36.4 Å². The van der Waals surface area contributed by atoms with Gasteiger partial charge in [-0.05, 0) is 36.8 Å². The monoisotopic (exact) mass is 455 g/mol. The molecule has 164 valence electrons. The Bertz CT molecular complexity index is 829. The number of aliphatic imine (C=N–C) groups is 1. The van der Waals surface area contributed by atoms with Crippen LogP contribution >= 0.6 is 22.9 Å². The minimum Gasteiger partial charge on any atom is -0.466 e. The Labute approximate surface area is 184 Å². The molecule has 0 aliphatic carbocycles. The molecule has 1 unspecified atom stereocenters. The summed E-state index contributed by atoms with van der Waals surface area (Å²) in [6.45, 7) is 3.17. The number of thiophene rings is 1. The van der Waals surface area contributed by atoms with Gasteiger partial charge in [0, 0.05) is 11.4 Å². The van der Waals surface area contributed by atoms with Crippen molar-refractivity contribution in [1.82, 2.24) is 11.0 Å². The lowest BCUT2D eigenvalue weighted by Crippen LogP contribution is -2.28. The maximum absolute atomic E-state index is 11.8. The number of esters is 1. The van der Waals surface area contributed by atoms with E-state index in [1.807, 2.05) is 24.3 Å². The van der Waals surface area contributed by atoms with Gasteiger partial charge in [-0.15, -0.1) is 11.3 Å². The molecular weight excluding hydrogens is 430 g/mol. The van der Waals surface area contributed by atoms with E-state index in [1.54, 1.807) is 19.1 Å².